The van der Waals surface area contributed by atoms with E-state index in [0.717, 1.165) is 11.3 Å². The van der Waals surface area contributed by atoms with E-state index in [9.17, 15) is 14.9 Å². The number of benzene rings is 2. The van der Waals surface area contributed by atoms with E-state index < -0.39 is 4.92 Å². The van der Waals surface area contributed by atoms with E-state index in [0.29, 0.717) is 21.0 Å². The van der Waals surface area contributed by atoms with Gasteiger partial charge in [0.25, 0.3) is 5.69 Å². The lowest BCUT2D eigenvalue weighted by Crippen LogP contribution is -2.13. The van der Waals surface area contributed by atoms with Gasteiger partial charge in [-0.15, -0.1) is 21.6 Å². The number of azo groups is 1. The number of aromatic amines is 1. The molecule has 0 radical (unpaired) electrons. The van der Waals surface area contributed by atoms with Crippen LogP contribution in [0.2, 0.25) is 0 Å². The topological polar surface area (TPSA) is 119 Å². The van der Waals surface area contributed by atoms with Crippen molar-refractivity contribution in [2.75, 3.05) is 0 Å². The molecule has 0 aliphatic heterocycles. The summed E-state index contributed by atoms with van der Waals surface area (Å²) in [4.78, 5) is 27.7. The first-order valence-corrected chi connectivity index (χ1v) is 10.3. The molecule has 2 heterocycles. The molecule has 0 amide bonds. The molecule has 2 aromatic heterocycles. The minimum Gasteiger partial charge on any atom is -0.291 e. The number of H-pyrrole nitrogens is 1. The van der Waals surface area contributed by atoms with Gasteiger partial charge < -0.3 is 0 Å². The molecule has 4 rings (SSSR count). The molecule has 0 saturated carbocycles. The third kappa shape index (κ3) is 3.84. The lowest BCUT2D eigenvalue weighted by Gasteiger charge is -1.96. The first-order chi connectivity index (χ1) is 14.4. The van der Waals surface area contributed by atoms with Crippen LogP contribution >= 0.6 is 27.3 Å². The molecule has 0 atom stereocenters. The predicted octanol–water partition coefficient (Wildman–Crippen LogP) is 5.68. The number of aromatic nitrogens is 3. The van der Waals surface area contributed by atoms with E-state index in [-0.39, 0.29) is 16.9 Å². The zero-order chi connectivity index (χ0) is 21.3. The van der Waals surface area contributed by atoms with Crippen LogP contribution in [0.15, 0.2) is 73.4 Å². The molecule has 2 aromatic carbocycles. The molecule has 0 aliphatic rings. The van der Waals surface area contributed by atoms with Crippen molar-refractivity contribution in [1.82, 2.24) is 14.8 Å². The molecular weight excluding hydrogens is 472 g/mol. The van der Waals surface area contributed by atoms with Crippen molar-refractivity contribution in [2.45, 2.75) is 6.92 Å². The maximum absolute atomic E-state index is 12.8. The molecule has 0 aliphatic carbocycles. The normalized spacial score (nSPS) is 11.3. The Morgan fingerprint density at radius 1 is 1.20 bits per heavy atom. The van der Waals surface area contributed by atoms with Crippen LogP contribution in [0.3, 0.4) is 0 Å². The largest absolute Gasteiger partial charge is 0.301 e. The highest BCUT2D eigenvalue weighted by atomic mass is 79.9. The first-order valence-electron chi connectivity index (χ1n) is 8.62. The van der Waals surface area contributed by atoms with Crippen molar-refractivity contribution in [1.29, 1.82) is 0 Å². The number of rotatable bonds is 5. The fourth-order valence-electron chi connectivity index (χ4n) is 2.69. The fourth-order valence-corrected chi connectivity index (χ4v) is 3.93. The molecule has 0 unspecified atom stereocenters. The monoisotopic (exact) mass is 484 g/mol. The van der Waals surface area contributed by atoms with Gasteiger partial charge in [0.05, 0.1) is 20.8 Å². The third-order valence-electron chi connectivity index (χ3n) is 4.19. The minimum absolute atomic E-state index is 0.0704. The van der Waals surface area contributed by atoms with Crippen LogP contribution < -0.4 is 5.56 Å². The van der Waals surface area contributed by atoms with Crippen LogP contribution in [-0.2, 0) is 0 Å². The molecular formula is C19H13BrN6O3S. The van der Waals surface area contributed by atoms with E-state index in [1.807, 2.05) is 35.7 Å². The standard InChI is InChI=1S/C19H13BrN6O3S/c1-11-17(23-22-15-8-7-13(26(28)29)9-14(15)20)18(27)25(24-11)19-21-16(10-30-19)12-5-3-2-4-6-12/h2-10,24H,1H3. The number of hydrogen-bond donors (Lipinski definition) is 1. The number of hydrogen-bond acceptors (Lipinski definition) is 7. The van der Waals surface area contributed by atoms with Crippen molar-refractivity contribution in [2.24, 2.45) is 10.2 Å². The summed E-state index contributed by atoms with van der Waals surface area (Å²) in [7, 11) is 0. The zero-order valence-electron chi connectivity index (χ0n) is 15.4. The van der Waals surface area contributed by atoms with Crippen molar-refractivity contribution in [3.8, 4) is 16.4 Å². The van der Waals surface area contributed by atoms with Gasteiger partial charge in [-0.25, -0.2) is 4.98 Å². The smallest absolute Gasteiger partial charge is 0.291 e. The molecule has 11 heteroatoms. The van der Waals surface area contributed by atoms with Crippen LogP contribution in [0.25, 0.3) is 16.4 Å². The van der Waals surface area contributed by atoms with Gasteiger partial charge in [-0.2, -0.15) is 4.68 Å². The van der Waals surface area contributed by atoms with Gasteiger partial charge >= 0.3 is 5.56 Å². The molecule has 9 nitrogen and oxygen atoms in total. The molecule has 0 bridgehead atoms. The molecule has 1 N–H and O–H groups in total. The molecule has 150 valence electrons. The van der Waals surface area contributed by atoms with E-state index in [1.165, 1.54) is 34.2 Å². The maximum Gasteiger partial charge on any atom is 0.301 e. The average Bonchev–Trinajstić information content (AvgIpc) is 3.33. The summed E-state index contributed by atoms with van der Waals surface area (Å²) < 4.78 is 1.73. The lowest BCUT2D eigenvalue weighted by atomic mass is 10.2. The number of nitro groups is 1. The van der Waals surface area contributed by atoms with E-state index >= 15 is 0 Å². The number of nitrogens with one attached hydrogen (secondary N) is 1. The Morgan fingerprint density at radius 3 is 2.67 bits per heavy atom. The van der Waals surface area contributed by atoms with E-state index in [2.05, 4.69) is 36.2 Å². The highest BCUT2D eigenvalue weighted by Gasteiger charge is 2.16. The number of nitro benzene ring substituents is 1. The second-order valence-corrected chi connectivity index (χ2v) is 7.89. The average molecular weight is 485 g/mol. The summed E-state index contributed by atoms with van der Waals surface area (Å²) in [5.41, 5.74) is 2.30. The number of nitrogens with zero attached hydrogens (tertiary/aromatic N) is 5. The van der Waals surface area contributed by atoms with E-state index in [1.54, 1.807) is 6.92 Å². The van der Waals surface area contributed by atoms with Crippen LogP contribution in [0.4, 0.5) is 17.1 Å². The number of aryl methyl sites for hydroxylation is 1. The number of thiazole rings is 1. The number of non-ortho nitro benzene ring substituents is 1. The van der Waals surface area contributed by atoms with Crippen LogP contribution in [0, 0.1) is 17.0 Å². The van der Waals surface area contributed by atoms with Gasteiger partial charge in [0.2, 0.25) is 5.13 Å². The van der Waals surface area contributed by atoms with Gasteiger partial charge in [-0.3, -0.25) is 20.0 Å². The van der Waals surface area contributed by atoms with Crippen LogP contribution in [0.1, 0.15) is 5.69 Å². The molecule has 0 saturated heterocycles. The first kappa shape index (κ1) is 19.9. The Kier molecular flexibility index (Phi) is 5.38. The Labute approximate surface area is 182 Å². The second kappa shape index (κ2) is 8.13. The van der Waals surface area contributed by atoms with Gasteiger partial charge in [-0.05, 0) is 28.9 Å². The Bertz CT molecular complexity index is 1330. The summed E-state index contributed by atoms with van der Waals surface area (Å²) in [5, 5.41) is 24.3. The molecule has 0 fully saturated rings. The zero-order valence-corrected chi connectivity index (χ0v) is 17.8. The van der Waals surface area contributed by atoms with E-state index in [4.69, 9.17) is 0 Å². The lowest BCUT2D eigenvalue weighted by molar-refractivity contribution is -0.384. The predicted molar refractivity (Wildman–Crippen MR) is 117 cm³/mol. The highest BCUT2D eigenvalue weighted by Crippen LogP contribution is 2.31. The summed E-state index contributed by atoms with van der Waals surface area (Å²) in [6.45, 7) is 1.71. The number of halogens is 1. The highest BCUT2D eigenvalue weighted by molar-refractivity contribution is 9.10. The maximum atomic E-state index is 12.8. The van der Waals surface area contributed by atoms with Crippen molar-refractivity contribution in [3.63, 3.8) is 0 Å². The summed E-state index contributed by atoms with van der Waals surface area (Å²) in [6.07, 6.45) is 0. The van der Waals surface area contributed by atoms with Crippen molar-refractivity contribution in [3.05, 3.63) is 84.5 Å². The van der Waals surface area contributed by atoms with Crippen molar-refractivity contribution >= 4 is 44.3 Å². The van der Waals surface area contributed by atoms with Gasteiger partial charge in [0, 0.05) is 23.1 Å². The quantitative estimate of drug-likeness (QED) is 0.222. The van der Waals surface area contributed by atoms with Gasteiger partial charge in [0.1, 0.15) is 5.69 Å². The summed E-state index contributed by atoms with van der Waals surface area (Å²) >= 11 is 4.57. The van der Waals surface area contributed by atoms with Crippen molar-refractivity contribution < 1.29 is 4.92 Å². The summed E-state index contributed by atoms with van der Waals surface area (Å²) in [6, 6.07) is 13.8. The minimum atomic E-state index is -0.502. The third-order valence-corrected chi connectivity index (χ3v) is 5.65. The molecule has 30 heavy (non-hydrogen) atoms. The second-order valence-electron chi connectivity index (χ2n) is 6.20. The van der Waals surface area contributed by atoms with Crippen LogP contribution in [0.5, 0.6) is 0 Å². The Balaban J connectivity index is 1.65. The van der Waals surface area contributed by atoms with Gasteiger partial charge in [-0.1, -0.05) is 30.3 Å². The Hall–Kier alpha value is -3.44. The SMILES string of the molecule is Cc1[nH]n(-c2nc(-c3ccccc3)cs2)c(=O)c1N=Nc1ccc([N+](=O)[O-])cc1Br. The molecule has 4 aromatic rings. The Morgan fingerprint density at radius 2 is 1.97 bits per heavy atom. The van der Waals surface area contributed by atoms with Crippen LogP contribution in [-0.4, -0.2) is 19.7 Å². The fraction of sp³-hybridized carbons (Fsp3) is 0.0526. The molecule has 0 spiro atoms. The van der Waals surface area contributed by atoms with Gasteiger partial charge in [0.15, 0.2) is 5.69 Å². The summed E-state index contributed by atoms with van der Waals surface area (Å²) in [5.74, 6) is 0.